The molecule has 1 atom stereocenters. The van der Waals surface area contributed by atoms with Crippen molar-refractivity contribution in [1.29, 1.82) is 0 Å². The molecule has 0 radical (unpaired) electrons. The quantitative estimate of drug-likeness (QED) is 0.177. The van der Waals surface area contributed by atoms with Crippen molar-refractivity contribution in [3.05, 3.63) is 64.1 Å². The molecule has 9 heteroatoms. The van der Waals surface area contributed by atoms with Gasteiger partial charge >= 0.3 is 0 Å². The van der Waals surface area contributed by atoms with Gasteiger partial charge in [0.15, 0.2) is 5.96 Å². The fourth-order valence-electron chi connectivity index (χ4n) is 3.59. The fraction of sp³-hybridized carbons (Fsp3) is 0.476. The zero-order chi connectivity index (χ0) is 20.5. The van der Waals surface area contributed by atoms with Crippen LogP contribution < -0.4 is 10.6 Å². The lowest BCUT2D eigenvalue weighted by Gasteiger charge is -2.33. The Bertz CT molecular complexity index is 807. The van der Waals surface area contributed by atoms with Crippen molar-refractivity contribution in [3.63, 3.8) is 0 Å². The van der Waals surface area contributed by atoms with E-state index in [2.05, 4.69) is 20.5 Å². The zero-order valence-corrected chi connectivity index (χ0v) is 19.6. The second-order valence-electron chi connectivity index (χ2n) is 7.13. The van der Waals surface area contributed by atoms with Gasteiger partial charge in [0, 0.05) is 25.2 Å². The summed E-state index contributed by atoms with van der Waals surface area (Å²) in [6, 6.07) is 10.7. The Hall–Kier alpha value is -2.14. The lowest BCUT2D eigenvalue weighted by molar-refractivity contribution is -0.384. The molecule has 1 saturated heterocycles. The number of benzene rings is 1. The first kappa shape index (κ1) is 24.1. The molecule has 164 valence electrons. The van der Waals surface area contributed by atoms with Gasteiger partial charge in [0.2, 0.25) is 0 Å². The van der Waals surface area contributed by atoms with Crippen molar-refractivity contribution in [1.82, 2.24) is 15.5 Å². The third kappa shape index (κ3) is 6.98. The molecule has 0 aliphatic carbocycles. The minimum atomic E-state index is -0.386. The number of guanidine groups is 1. The number of piperidine rings is 1. The summed E-state index contributed by atoms with van der Waals surface area (Å²) in [4.78, 5) is 17.6. The van der Waals surface area contributed by atoms with Crippen LogP contribution in [0.4, 0.5) is 5.69 Å². The molecule has 1 fully saturated rings. The molecule has 1 aromatic carbocycles. The molecule has 8 nitrogen and oxygen atoms in total. The number of nitrogens with one attached hydrogen (secondary N) is 2. The normalized spacial score (nSPS) is 15.8. The molecule has 0 saturated carbocycles. The Labute approximate surface area is 194 Å². The van der Waals surface area contributed by atoms with Gasteiger partial charge in [-0.15, -0.1) is 24.0 Å². The van der Waals surface area contributed by atoms with Crippen molar-refractivity contribution in [2.45, 2.75) is 38.8 Å². The van der Waals surface area contributed by atoms with Crippen LogP contribution in [0.5, 0.6) is 0 Å². The molecule has 1 aliphatic heterocycles. The molecule has 1 aromatic heterocycles. The van der Waals surface area contributed by atoms with E-state index in [1.807, 2.05) is 25.1 Å². The average Bonchev–Trinajstić information content (AvgIpc) is 3.27. The highest BCUT2D eigenvalue weighted by Crippen LogP contribution is 2.24. The van der Waals surface area contributed by atoms with Crippen LogP contribution in [0.1, 0.15) is 43.6 Å². The predicted molar refractivity (Wildman–Crippen MR) is 128 cm³/mol. The maximum Gasteiger partial charge on any atom is 0.269 e. The first-order chi connectivity index (χ1) is 14.2. The maximum absolute atomic E-state index is 11.0. The Morgan fingerprint density at radius 3 is 2.70 bits per heavy atom. The Kier molecular flexibility index (Phi) is 10.1. The van der Waals surface area contributed by atoms with Gasteiger partial charge in [-0.25, -0.2) is 4.99 Å². The number of likely N-dealkylation sites (tertiary alicyclic amines) is 1. The smallest absolute Gasteiger partial charge is 0.269 e. The SMILES string of the molecule is CCNC(=NCc1cccc([N+](=O)[O-])c1)NCC(c1ccco1)N1CCCCC1.I. The number of nitrogens with zero attached hydrogens (tertiary/aromatic N) is 3. The van der Waals surface area contributed by atoms with Gasteiger partial charge in [0.1, 0.15) is 5.76 Å². The lowest BCUT2D eigenvalue weighted by atomic mass is 10.1. The summed E-state index contributed by atoms with van der Waals surface area (Å²) in [7, 11) is 0. The zero-order valence-electron chi connectivity index (χ0n) is 17.3. The van der Waals surface area contributed by atoms with Gasteiger partial charge in [-0.2, -0.15) is 0 Å². The predicted octanol–water partition coefficient (Wildman–Crippen LogP) is 4.09. The molecule has 2 aromatic rings. The molecule has 30 heavy (non-hydrogen) atoms. The summed E-state index contributed by atoms with van der Waals surface area (Å²) >= 11 is 0. The lowest BCUT2D eigenvalue weighted by Crippen LogP contribution is -2.44. The summed E-state index contributed by atoms with van der Waals surface area (Å²) in [6.07, 6.45) is 5.41. The minimum absolute atomic E-state index is 0. The Balaban J connectivity index is 0.00000320. The Morgan fingerprint density at radius 1 is 1.23 bits per heavy atom. The number of hydrogen-bond donors (Lipinski definition) is 2. The molecule has 1 unspecified atom stereocenters. The van der Waals surface area contributed by atoms with Gasteiger partial charge in [0.25, 0.3) is 5.69 Å². The molecular weight excluding hydrogens is 497 g/mol. The molecule has 2 N–H and O–H groups in total. The molecule has 3 rings (SSSR count). The van der Waals surface area contributed by atoms with E-state index >= 15 is 0 Å². The number of nitro benzene ring substituents is 1. The van der Waals surface area contributed by atoms with Gasteiger partial charge in [-0.3, -0.25) is 15.0 Å². The topological polar surface area (TPSA) is 95.9 Å². The average molecular weight is 527 g/mol. The van der Waals surface area contributed by atoms with E-state index in [4.69, 9.17) is 4.42 Å². The maximum atomic E-state index is 11.0. The highest BCUT2D eigenvalue weighted by atomic mass is 127. The second kappa shape index (κ2) is 12.5. The number of hydrogen-bond acceptors (Lipinski definition) is 5. The van der Waals surface area contributed by atoms with E-state index in [-0.39, 0.29) is 40.6 Å². The first-order valence-electron chi connectivity index (χ1n) is 10.2. The van der Waals surface area contributed by atoms with Gasteiger partial charge in [-0.1, -0.05) is 18.6 Å². The summed E-state index contributed by atoms with van der Waals surface area (Å²) in [6.45, 7) is 5.92. The largest absolute Gasteiger partial charge is 0.468 e. The highest BCUT2D eigenvalue weighted by Gasteiger charge is 2.24. The van der Waals surface area contributed by atoms with Crippen LogP contribution in [0, 0.1) is 10.1 Å². The van der Waals surface area contributed by atoms with Gasteiger partial charge in [0.05, 0.1) is 23.8 Å². The van der Waals surface area contributed by atoms with Crippen LogP contribution in [-0.4, -0.2) is 42.0 Å². The summed E-state index contributed by atoms with van der Waals surface area (Å²) in [5.41, 5.74) is 0.883. The van der Waals surface area contributed by atoms with E-state index < -0.39 is 0 Å². The third-order valence-corrected chi connectivity index (χ3v) is 5.05. The molecule has 2 heterocycles. The first-order valence-corrected chi connectivity index (χ1v) is 10.2. The van der Waals surface area contributed by atoms with Crippen LogP contribution in [0.25, 0.3) is 0 Å². The number of non-ortho nitro benzene ring substituents is 1. The van der Waals surface area contributed by atoms with Crippen LogP contribution in [0.15, 0.2) is 52.1 Å². The number of nitro groups is 1. The van der Waals surface area contributed by atoms with Crippen LogP contribution in [0.3, 0.4) is 0 Å². The van der Waals surface area contributed by atoms with Crippen LogP contribution in [0.2, 0.25) is 0 Å². The molecule has 0 amide bonds. The van der Waals surface area contributed by atoms with Crippen molar-refractivity contribution < 1.29 is 9.34 Å². The number of aliphatic imine (C=N–C) groups is 1. The molecule has 0 spiro atoms. The number of halogens is 1. The van der Waals surface area contributed by atoms with Crippen molar-refractivity contribution in [2.24, 2.45) is 4.99 Å². The summed E-state index contributed by atoms with van der Waals surface area (Å²) in [5, 5.41) is 17.6. The van der Waals surface area contributed by atoms with E-state index in [9.17, 15) is 10.1 Å². The minimum Gasteiger partial charge on any atom is -0.468 e. The standard InChI is InChI=1S/C21H29N5O3.HI/c1-2-22-21(23-15-17-8-6-9-18(14-17)26(27)28)24-16-19(20-10-7-13-29-20)25-11-4-3-5-12-25;/h6-10,13-14,19H,2-5,11-12,15-16H2,1H3,(H2,22,23,24);1H. The number of rotatable bonds is 8. The van der Waals surface area contributed by atoms with Crippen LogP contribution >= 0.6 is 24.0 Å². The summed E-state index contributed by atoms with van der Waals surface area (Å²) < 4.78 is 5.70. The second-order valence-corrected chi connectivity index (χ2v) is 7.13. The molecule has 0 bridgehead atoms. The Morgan fingerprint density at radius 2 is 2.03 bits per heavy atom. The van der Waals surface area contributed by atoms with Gasteiger partial charge in [-0.05, 0) is 50.6 Å². The summed E-state index contributed by atoms with van der Waals surface area (Å²) in [5.74, 6) is 1.64. The fourth-order valence-corrected chi connectivity index (χ4v) is 3.59. The third-order valence-electron chi connectivity index (χ3n) is 5.05. The molecule has 1 aliphatic rings. The molecular formula is C21H30IN5O3. The van der Waals surface area contributed by atoms with Crippen molar-refractivity contribution in [2.75, 3.05) is 26.2 Å². The van der Waals surface area contributed by atoms with Crippen molar-refractivity contribution in [3.8, 4) is 0 Å². The van der Waals surface area contributed by atoms with E-state index in [1.165, 1.54) is 25.3 Å². The van der Waals surface area contributed by atoms with E-state index in [0.29, 0.717) is 19.0 Å². The highest BCUT2D eigenvalue weighted by molar-refractivity contribution is 14.0. The van der Waals surface area contributed by atoms with Gasteiger partial charge < -0.3 is 15.1 Å². The van der Waals surface area contributed by atoms with Crippen molar-refractivity contribution >= 4 is 35.6 Å². The van der Waals surface area contributed by atoms with E-state index in [1.54, 1.807) is 18.4 Å². The van der Waals surface area contributed by atoms with Crippen LogP contribution in [-0.2, 0) is 6.54 Å². The monoisotopic (exact) mass is 527 g/mol. The number of furan rings is 1. The van der Waals surface area contributed by atoms with E-state index in [0.717, 1.165) is 31.0 Å².